The van der Waals surface area contributed by atoms with E-state index in [9.17, 15) is 23.9 Å². The number of likely N-dealkylation sites (tertiary alicyclic amines) is 1. The highest BCUT2D eigenvalue weighted by atomic mass is 19.1. The summed E-state index contributed by atoms with van der Waals surface area (Å²) in [5.41, 5.74) is 0.0112. The molecule has 0 spiro atoms. The van der Waals surface area contributed by atoms with Crippen molar-refractivity contribution in [3.05, 3.63) is 60.4 Å². The number of carboxylic acids is 1. The molecule has 36 heavy (non-hydrogen) atoms. The highest BCUT2D eigenvalue weighted by Crippen LogP contribution is 2.38. The number of hydrogen-bond acceptors (Lipinski definition) is 4. The summed E-state index contributed by atoms with van der Waals surface area (Å²) >= 11 is 0. The van der Waals surface area contributed by atoms with Crippen molar-refractivity contribution in [3.8, 4) is 0 Å². The van der Waals surface area contributed by atoms with Crippen LogP contribution >= 0.6 is 0 Å². The Labute approximate surface area is 210 Å². The minimum Gasteiger partial charge on any atom is -0.481 e. The van der Waals surface area contributed by atoms with Crippen LogP contribution in [-0.2, 0) is 14.3 Å². The molecule has 0 saturated carbocycles. The Hall–Kier alpha value is -3.46. The van der Waals surface area contributed by atoms with E-state index in [0.29, 0.717) is 18.9 Å². The zero-order chi connectivity index (χ0) is 25.7. The fourth-order valence-corrected chi connectivity index (χ4v) is 5.03. The molecule has 0 bridgehead atoms. The summed E-state index contributed by atoms with van der Waals surface area (Å²) < 4.78 is 18.9. The average Bonchev–Trinajstić information content (AvgIpc) is 2.90. The van der Waals surface area contributed by atoms with Crippen LogP contribution < -0.4 is 9.80 Å². The van der Waals surface area contributed by atoms with E-state index in [1.54, 1.807) is 16.8 Å². The molecular weight excluding hydrogens is 465 g/mol. The number of carboxylic acid groups (broad SMARTS) is 1. The van der Waals surface area contributed by atoms with Gasteiger partial charge in [-0.05, 0) is 62.1 Å². The van der Waals surface area contributed by atoms with Gasteiger partial charge in [0, 0.05) is 44.5 Å². The smallest absolute Gasteiger partial charge is 0.324 e. The highest BCUT2D eigenvalue weighted by molar-refractivity contribution is 5.97. The molecule has 2 fully saturated rings. The van der Waals surface area contributed by atoms with Gasteiger partial charge in [-0.25, -0.2) is 9.18 Å². The number of ether oxygens (including phenoxy) is 1. The highest BCUT2D eigenvalue weighted by Gasteiger charge is 2.46. The van der Waals surface area contributed by atoms with Crippen molar-refractivity contribution in [1.29, 1.82) is 0 Å². The first-order valence-electron chi connectivity index (χ1n) is 12.3. The van der Waals surface area contributed by atoms with Crippen molar-refractivity contribution in [1.82, 2.24) is 4.90 Å². The van der Waals surface area contributed by atoms with Gasteiger partial charge in [-0.3, -0.25) is 14.5 Å². The van der Waals surface area contributed by atoms with Gasteiger partial charge in [0.2, 0.25) is 5.91 Å². The number of para-hydroxylation sites is 1. The van der Waals surface area contributed by atoms with Gasteiger partial charge in [0.05, 0.1) is 18.1 Å². The summed E-state index contributed by atoms with van der Waals surface area (Å²) in [6.45, 7) is 1.49. The number of urea groups is 1. The van der Waals surface area contributed by atoms with Crippen LogP contribution in [0.25, 0.3) is 0 Å². The summed E-state index contributed by atoms with van der Waals surface area (Å²) in [6, 6.07) is 14.5. The first kappa shape index (κ1) is 25.6. The zero-order valence-corrected chi connectivity index (χ0v) is 20.4. The number of aliphatic carboxylic acids is 1. The van der Waals surface area contributed by atoms with Crippen LogP contribution in [0, 0.1) is 11.2 Å². The molecule has 1 atom stereocenters. The van der Waals surface area contributed by atoms with Crippen molar-refractivity contribution in [2.75, 3.05) is 43.2 Å². The Bertz CT molecular complexity index is 1060. The van der Waals surface area contributed by atoms with Crippen molar-refractivity contribution < 1.29 is 28.6 Å². The molecule has 0 aliphatic carbocycles. The first-order chi connectivity index (χ1) is 17.3. The molecule has 1 N–H and O–H groups in total. The molecule has 9 heteroatoms. The molecule has 4 rings (SSSR count). The van der Waals surface area contributed by atoms with E-state index in [4.69, 9.17) is 4.74 Å². The number of carbonyl (C=O) groups is 3. The minimum absolute atomic E-state index is 0.148. The first-order valence-corrected chi connectivity index (χ1v) is 12.3. The Morgan fingerprint density at radius 3 is 2.31 bits per heavy atom. The molecule has 8 nitrogen and oxygen atoms in total. The lowest BCUT2D eigenvalue weighted by molar-refractivity contribution is -0.154. The Kier molecular flexibility index (Phi) is 7.88. The van der Waals surface area contributed by atoms with Crippen molar-refractivity contribution in [2.24, 2.45) is 5.41 Å². The monoisotopic (exact) mass is 497 g/mol. The molecule has 2 aromatic carbocycles. The van der Waals surface area contributed by atoms with E-state index in [0.717, 1.165) is 18.5 Å². The lowest BCUT2D eigenvalue weighted by Crippen LogP contribution is -2.53. The Balaban J connectivity index is 1.47. The van der Waals surface area contributed by atoms with Gasteiger partial charge in [0.25, 0.3) is 0 Å². The van der Waals surface area contributed by atoms with Gasteiger partial charge in [-0.15, -0.1) is 0 Å². The van der Waals surface area contributed by atoms with E-state index in [1.165, 1.54) is 29.2 Å². The normalized spacial score (nSPS) is 19.4. The third-order valence-corrected chi connectivity index (χ3v) is 7.24. The molecule has 3 amide bonds. The van der Waals surface area contributed by atoms with E-state index >= 15 is 0 Å². The Morgan fingerprint density at radius 2 is 1.72 bits per heavy atom. The molecule has 0 aromatic heterocycles. The van der Waals surface area contributed by atoms with Crippen LogP contribution in [0.15, 0.2) is 54.6 Å². The quantitative estimate of drug-likeness (QED) is 0.648. The molecule has 2 aliphatic heterocycles. The number of benzene rings is 2. The maximum Gasteiger partial charge on any atom is 0.324 e. The summed E-state index contributed by atoms with van der Waals surface area (Å²) in [4.78, 5) is 43.8. The largest absolute Gasteiger partial charge is 0.481 e. The van der Waals surface area contributed by atoms with Crippen LogP contribution in [0.4, 0.5) is 20.6 Å². The van der Waals surface area contributed by atoms with E-state index in [2.05, 4.69) is 0 Å². The number of carbonyl (C=O) groups excluding carboxylic acids is 2. The number of anilines is 2. The third kappa shape index (κ3) is 5.51. The van der Waals surface area contributed by atoms with Crippen molar-refractivity contribution in [2.45, 2.75) is 38.1 Å². The lowest BCUT2D eigenvalue weighted by atomic mass is 9.75. The van der Waals surface area contributed by atoms with E-state index in [-0.39, 0.29) is 50.3 Å². The Morgan fingerprint density at radius 1 is 1.06 bits per heavy atom. The maximum absolute atomic E-state index is 13.6. The molecule has 192 valence electrons. The van der Waals surface area contributed by atoms with Crippen molar-refractivity contribution >= 4 is 29.3 Å². The zero-order valence-electron chi connectivity index (χ0n) is 20.4. The summed E-state index contributed by atoms with van der Waals surface area (Å²) in [7, 11) is 1.60. The van der Waals surface area contributed by atoms with Crippen LogP contribution in [0.3, 0.4) is 0 Å². The number of rotatable bonds is 6. The third-order valence-electron chi connectivity index (χ3n) is 7.24. The number of hydrogen-bond donors (Lipinski definition) is 1. The molecular formula is C27H32FN3O5. The number of halogens is 1. The molecule has 2 heterocycles. The number of nitrogens with zero attached hydrogens (tertiary/aromatic N) is 3. The number of piperidine rings is 1. The molecule has 2 aromatic rings. The molecule has 2 saturated heterocycles. The average molecular weight is 498 g/mol. The van der Waals surface area contributed by atoms with E-state index in [1.807, 2.05) is 30.3 Å². The second kappa shape index (κ2) is 11.1. The summed E-state index contributed by atoms with van der Waals surface area (Å²) in [5, 5.41) is 10.2. The predicted octanol–water partition coefficient (Wildman–Crippen LogP) is 4.15. The van der Waals surface area contributed by atoms with Gasteiger partial charge in [0.15, 0.2) is 0 Å². The number of amides is 3. The van der Waals surface area contributed by atoms with Crippen LogP contribution in [0.1, 0.15) is 32.1 Å². The van der Waals surface area contributed by atoms with Gasteiger partial charge < -0.3 is 19.6 Å². The molecule has 0 unspecified atom stereocenters. The van der Waals surface area contributed by atoms with E-state index < -0.39 is 17.2 Å². The lowest BCUT2D eigenvalue weighted by Gasteiger charge is -2.41. The SMILES string of the molecule is CN(C(=O)N1CCC(CC(=O)N(c2ccccc2)[C@H]2CCCOC2)(C(=O)O)CC1)c1ccc(F)cc1. The summed E-state index contributed by atoms with van der Waals surface area (Å²) in [6.07, 6.45) is 1.81. The van der Waals surface area contributed by atoms with Gasteiger partial charge in [-0.2, -0.15) is 0 Å². The van der Waals surface area contributed by atoms with Gasteiger partial charge in [-0.1, -0.05) is 18.2 Å². The second-order valence-corrected chi connectivity index (χ2v) is 9.54. The van der Waals surface area contributed by atoms with Gasteiger partial charge >= 0.3 is 12.0 Å². The van der Waals surface area contributed by atoms with Crippen LogP contribution in [-0.4, -0.2) is 67.3 Å². The minimum atomic E-state index is -1.26. The molecule has 0 radical (unpaired) electrons. The van der Waals surface area contributed by atoms with Crippen LogP contribution in [0.5, 0.6) is 0 Å². The molecule has 2 aliphatic rings. The fourth-order valence-electron chi connectivity index (χ4n) is 5.03. The topological polar surface area (TPSA) is 90.4 Å². The van der Waals surface area contributed by atoms with Crippen LogP contribution in [0.2, 0.25) is 0 Å². The summed E-state index contributed by atoms with van der Waals surface area (Å²) in [5.74, 6) is -1.66. The maximum atomic E-state index is 13.6. The van der Waals surface area contributed by atoms with Crippen molar-refractivity contribution in [3.63, 3.8) is 0 Å². The van der Waals surface area contributed by atoms with Gasteiger partial charge in [0.1, 0.15) is 5.82 Å². The fraction of sp³-hybridized carbons (Fsp3) is 0.444. The standard InChI is InChI=1S/C27H32FN3O5/c1-29(21-11-9-20(28)10-12-21)26(35)30-15-13-27(14-16-30,25(33)34)18-24(32)31(22-6-3-2-4-7-22)23-8-5-17-36-19-23/h2-4,6-7,9-12,23H,5,8,13-19H2,1H3,(H,33,34)/t23-/m0/s1. The predicted molar refractivity (Wildman–Crippen MR) is 133 cm³/mol. The second-order valence-electron chi connectivity index (χ2n) is 9.54.